The third-order valence-electron chi connectivity index (χ3n) is 10.4. The minimum Gasteiger partial charge on any atom is -0.462 e. The topological polar surface area (TPSA) is 78.9 Å². The molecule has 6 nitrogen and oxygen atoms in total. The minimum absolute atomic E-state index is 0.0666. The number of hydrogen-bond donors (Lipinski definition) is 0. The molecule has 0 N–H and O–H groups in total. The van der Waals surface area contributed by atoms with E-state index in [2.05, 4.69) is 41.5 Å². The molecule has 0 rings (SSSR count). The van der Waals surface area contributed by atoms with Crippen LogP contribution >= 0.6 is 0 Å². The third kappa shape index (κ3) is 41.4. The average molecular weight is 751 g/mol. The van der Waals surface area contributed by atoms with E-state index in [0.717, 1.165) is 75.5 Å². The highest BCUT2D eigenvalue weighted by Crippen LogP contribution is 2.17. The third-order valence-corrected chi connectivity index (χ3v) is 10.4. The first kappa shape index (κ1) is 51.4. The van der Waals surface area contributed by atoms with Crippen molar-refractivity contribution in [1.29, 1.82) is 0 Å². The molecule has 0 amide bonds. The van der Waals surface area contributed by atoms with Crippen molar-refractivity contribution in [1.82, 2.24) is 0 Å². The van der Waals surface area contributed by atoms with Crippen LogP contribution in [0, 0.1) is 17.8 Å². The maximum atomic E-state index is 12.7. The van der Waals surface area contributed by atoms with Crippen molar-refractivity contribution in [3.8, 4) is 0 Å². The zero-order valence-electron chi connectivity index (χ0n) is 36.3. The van der Waals surface area contributed by atoms with E-state index in [9.17, 15) is 14.4 Å². The highest BCUT2D eigenvalue weighted by atomic mass is 16.6. The molecule has 0 unspecified atom stereocenters. The van der Waals surface area contributed by atoms with E-state index in [1.54, 1.807) is 0 Å². The first-order valence-electron chi connectivity index (χ1n) is 23.1. The van der Waals surface area contributed by atoms with E-state index in [0.29, 0.717) is 19.3 Å². The summed E-state index contributed by atoms with van der Waals surface area (Å²) < 4.78 is 16.7. The fourth-order valence-corrected chi connectivity index (χ4v) is 6.88. The molecule has 1 atom stereocenters. The summed E-state index contributed by atoms with van der Waals surface area (Å²) in [4.78, 5) is 37.7. The number of unbranched alkanes of at least 4 members (excludes halogenated alkanes) is 23. The summed E-state index contributed by atoms with van der Waals surface area (Å²) in [6, 6.07) is 0. The van der Waals surface area contributed by atoms with E-state index in [1.807, 2.05) is 0 Å². The fourth-order valence-electron chi connectivity index (χ4n) is 6.88. The van der Waals surface area contributed by atoms with Gasteiger partial charge in [-0.3, -0.25) is 14.4 Å². The quantitative estimate of drug-likeness (QED) is 0.0352. The van der Waals surface area contributed by atoms with Crippen molar-refractivity contribution in [2.24, 2.45) is 17.8 Å². The van der Waals surface area contributed by atoms with E-state index >= 15 is 0 Å². The summed E-state index contributed by atoms with van der Waals surface area (Å²) in [7, 11) is 0. The van der Waals surface area contributed by atoms with Gasteiger partial charge in [0.05, 0.1) is 0 Å². The second kappa shape index (κ2) is 38.7. The van der Waals surface area contributed by atoms with Crippen molar-refractivity contribution in [3.63, 3.8) is 0 Å². The van der Waals surface area contributed by atoms with Gasteiger partial charge in [-0.25, -0.2) is 0 Å². The van der Waals surface area contributed by atoms with E-state index in [4.69, 9.17) is 14.2 Å². The lowest BCUT2D eigenvalue weighted by atomic mass is 10.0. The number of hydrogen-bond acceptors (Lipinski definition) is 6. The predicted molar refractivity (Wildman–Crippen MR) is 224 cm³/mol. The first-order valence-corrected chi connectivity index (χ1v) is 23.1. The summed E-state index contributed by atoms with van der Waals surface area (Å²) in [5.41, 5.74) is 0. The Balaban J connectivity index is 4.33. The second-order valence-corrected chi connectivity index (χ2v) is 17.5. The Morgan fingerprint density at radius 3 is 0.811 bits per heavy atom. The van der Waals surface area contributed by atoms with Crippen LogP contribution in [0.1, 0.15) is 247 Å². The van der Waals surface area contributed by atoms with Crippen LogP contribution < -0.4 is 0 Å². The van der Waals surface area contributed by atoms with E-state index < -0.39 is 6.10 Å². The van der Waals surface area contributed by atoms with Crippen LogP contribution in [0.3, 0.4) is 0 Å². The van der Waals surface area contributed by atoms with Gasteiger partial charge >= 0.3 is 17.9 Å². The molecule has 0 spiro atoms. The lowest BCUT2D eigenvalue weighted by Gasteiger charge is -2.18. The molecular formula is C47H90O6. The van der Waals surface area contributed by atoms with Crippen LogP contribution in [-0.4, -0.2) is 37.2 Å². The number of esters is 3. The molecule has 0 heterocycles. The van der Waals surface area contributed by atoms with Crippen LogP contribution in [0.4, 0.5) is 0 Å². The van der Waals surface area contributed by atoms with Gasteiger partial charge in [0, 0.05) is 19.3 Å². The molecule has 0 aromatic carbocycles. The maximum Gasteiger partial charge on any atom is 0.306 e. The summed E-state index contributed by atoms with van der Waals surface area (Å²) in [5, 5.41) is 0. The van der Waals surface area contributed by atoms with Gasteiger partial charge < -0.3 is 14.2 Å². The molecule has 314 valence electrons. The first-order chi connectivity index (χ1) is 25.6. The maximum absolute atomic E-state index is 12.7. The standard InChI is InChI=1S/C47H90O6/c1-41(2)33-27-21-15-10-7-8-12-18-24-30-36-45(48)51-39-44(53-47(50)38-32-26-20-14-17-23-29-35-43(5)6)40-52-46(49)37-31-25-19-13-9-11-16-22-28-34-42(3)4/h41-44H,7-40H2,1-6H3/t44-/m1/s1. The van der Waals surface area contributed by atoms with Gasteiger partial charge in [-0.15, -0.1) is 0 Å². The summed E-state index contributed by atoms with van der Waals surface area (Å²) >= 11 is 0. The molecule has 0 saturated heterocycles. The molecule has 53 heavy (non-hydrogen) atoms. The molecule has 6 heteroatoms. The fraction of sp³-hybridized carbons (Fsp3) is 0.936. The number of ether oxygens (including phenoxy) is 3. The van der Waals surface area contributed by atoms with Crippen LogP contribution in [0.5, 0.6) is 0 Å². The van der Waals surface area contributed by atoms with Crippen LogP contribution in [-0.2, 0) is 28.6 Å². The van der Waals surface area contributed by atoms with Crippen molar-refractivity contribution in [2.75, 3.05) is 13.2 Å². The highest BCUT2D eigenvalue weighted by Gasteiger charge is 2.19. The lowest BCUT2D eigenvalue weighted by Crippen LogP contribution is -2.30. The lowest BCUT2D eigenvalue weighted by molar-refractivity contribution is -0.167. The summed E-state index contributed by atoms with van der Waals surface area (Å²) in [5.74, 6) is 1.54. The van der Waals surface area contributed by atoms with E-state index in [-0.39, 0.29) is 31.1 Å². The average Bonchev–Trinajstić information content (AvgIpc) is 3.11. The number of carbonyl (C=O) groups is 3. The molecule has 0 aromatic rings. The Kier molecular flexibility index (Phi) is 37.5. The Hall–Kier alpha value is -1.59. The van der Waals surface area contributed by atoms with Gasteiger partial charge in [0.15, 0.2) is 6.10 Å². The molecule has 0 aliphatic heterocycles. The normalized spacial score (nSPS) is 12.2. The molecule has 0 radical (unpaired) electrons. The monoisotopic (exact) mass is 751 g/mol. The van der Waals surface area contributed by atoms with Crippen molar-refractivity contribution in [3.05, 3.63) is 0 Å². The largest absolute Gasteiger partial charge is 0.462 e. The molecule has 0 aromatic heterocycles. The predicted octanol–water partition coefficient (Wildman–Crippen LogP) is 14.4. The van der Waals surface area contributed by atoms with Crippen molar-refractivity contribution in [2.45, 2.75) is 253 Å². The smallest absolute Gasteiger partial charge is 0.306 e. The van der Waals surface area contributed by atoms with Gasteiger partial charge in [-0.1, -0.05) is 208 Å². The van der Waals surface area contributed by atoms with Crippen LogP contribution in [0.2, 0.25) is 0 Å². The van der Waals surface area contributed by atoms with E-state index in [1.165, 1.54) is 128 Å². The summed E-state index contributed by atoms with van der Waals surface area (Å²) in [6.45, 7) is 13.6. The molecule has 0 aliphatic carbocycles. The number of rotatable bonds is 40. The highest BCUT2D eigenvalue weighted by molar-refractivity contribution is 5.71. The van der Waals surface area contributed by atoms with Crippen molar-refractivity contribution >= 4 is 17.9 Å². The minimum atomic E-state index is -0.762. The SMILES string of the molecule is CC(C)CCCCCCCCCCCCC(=O)OC[C@H](COC(=O)CCCCCCCCCCCC(C)C)OC(=O)CCCCCCCCCC(C)C. The number of carbonyl (C=O) groups excluding carboxylic acids is 3. The molecule has 0 saturated carbocycles. The molecule has 0 fully saturated rings. The molecule has 0 bridgehead atoms. The van der Waals surface area contributed by atoms with Crippen LogP contribution in [0.15, 0.2) is 0 Å². The zero-order valence-corrected chi connectivity index (χ0v) is 36.3. The van der Waals surface area contributed by atoms with Gasteiger partial charge in [0.25, 0.3) is 0 Å². The van der Waals surface area contributed by atoms with Crippen molar-refractivity contribution < 1.29 is 28.6 Å². The molecular weight excluding hydrogens is 661 g/mol. The summed E-state index contributed by atoms with van der Waals surface area (Å²) in [6.07, 6.45) is 35.3. The van der Waals surface area contributed by atoms with Gasteiger partial charge in [-0.05, 0) is 37.0 Å². The van der Waals surface area contributed by atoms with Gasteiger partial charge in [0.2, 0.25) is 0 Å². The molecule has 0 aliphatic rings. The second-order valence-electron chi connectivity index (χ2n) is 17.5. The van der Waals surface area contributed by atoms with Gasteiger partial charge in [0.1, 0.15) is 13.2 Å². The van der Waals surface area contributed by atoms with Crippen LogP contribution in [0.25, 0.3) is 0 Å². The van der Waals surface area contributed by atoms with Gasteiger partial charge in [-0.2, -0.15) is 0 Å². The Morgan fingerprint density at radius 1 is 0.321 bits per heavy atom. The Bertz CT molecular complexity index is 822. The Morgan fingerprint density at radius 2 is 0.547 bits per heavy atom. The Labute approximate surface area is 329 Å². The zero-order chi connectivity index (χ0) is 39.2.